The molecule has 0 radical (unpaired) electrons. The Hall–Kier alpha value is -1.30. The van der Waals surface area contributed by atoms with Crippen LogP contribution in [0.3, 0.4) is 0 Å². The van der Waals surface area contributed by atoms with Crippen LogP contribution in [-0.2, 0) is 4.74 Å². The van der Waals surface area contributed by atoms with Crippen LogP contribution in [0.4, 0.5) is 0 Å². The summed E-state index contributed by atoms with van der Waals surface area (Å²) in [5.74, 6) is 1.39. The number of nitrogens with one attached hydrogen (secondary N) is 2. The van der Waals surface area contributed by atoms with Gasteiger partial charge in [0.2, 0.25) is 0 Å². The van der Waals surface area contributed by atoms with Crippen LogP contribution in [0, 0.1) is 0 Å². The lowest BCUT2D eigenvalue weighted by Crippen LogP contribution is -2.56. The first-order valence-corrected chi connectivity index (χ1v) is 9.43. The van der Waals surface area contributed by atoms with Crippen LogP contribution in [0.15, 0.2) is 29.3 Å². The van der Waals surface area contributed by atoms with Crippen molar-refractivity contribution >= 4 is 17.6 Å². The number of halogens is 1. The largest absolute Gasteiger partial charge is 0.379 e. The summed E-state index contributed by atoms with van der Waals surface area (Å²) in [6, 6.07) is 8.58. The Bertz CT molecular complexity index is 613. The van der Waals surface area contributed by atoms with Crippen molar-refractivity contribution in [1.29, 1.82) is 0 Å². The molecule has 2 aliphatic rings. The SMILES string of the molecule is CN=C(NCC(C)(C)N1CCOCC1)NC1CC1c1cccc(Cl)c1. The lowest BCUT2D eigenvalue weighted by molar-refractivity contribution is -0.00834. The van der Waals surface area contributed by atoms with E-state index in [2.05, 4.69) is 46.5 Å². The number of nitrogens with zero attached hydrogens (tertiary/aromatic N) is 2. The smallest absolute Gasteiger partial charge is 0.191 e. The highest BCUT2D eigenvalue weighted by atomic mass is 35.5. The van der Waals surface area contributed by atoms with Crippen molar-refractivity contribution in [3.63, 3.8) is 0 Å². The number of hydrogen-bond donors (Lipinski definition) is 2. The Balaban J connectivity index is 1.49. The molecule has 0 spiro atoms. The minimum atomic E-state index is 0.0668. The van der Waals surface area contributed by atoms with Gasteiger partial charge in [0.15, 0.2) is 5.96 Å². The number of hydrogen-bond acceptors (Lipinski definition) is 3. The fourth-order valence-corrected chi connectivity index (χ4v) is 3.61. The first-order valence-electron chi connectivity index (χ1n) is 9.05. The minimum Gasteiger partial charge on any atom is -0.379 e. The maximum absolute atomic E-state index is 6.10. The maximum atomic E-state index is 6.10. The summed E-state index contributed by atoms with van der Waals surface area (Å²) < 4.78 is 5.46. The zero-order valence-corrected chi connectivity index (χ0v) is 16.1. The van der Waals surface area contributed by atoms with Crippen LogP contribution < -0.4 is 10.6 Å². The summed E-state index contributed by atoms with van der Waals surface area (Å²) in [4.78, 5) is 6.86. The van der Waals surface area contributed by atoms with Crippen LogP contribution >= 0.6 is 11.6 Å². The molecule has 0 bridgehead atoms. The van der Waals surface area contributed by atoms with Crippen LogP contribution in [0.1, 0.15) is 31.7 Å². The highest BCUT2D eigenvalue weighted by molar-refractivity contribution is 6.30. The van der Waals surface area contributed by atoms with E-state index in [1.54, 1.807) is 0 Å². The highest BCUT2D eigenvalue weighted by Crippen LogP contribution is 2.41. The van der Waals surface area contributed by atoms with E-state index in [1.165, 1.54) is 5.56 Å². The molecule has 1 aromatic rings. The van der Waals surface area contributed by atoms with E-state index in [0.29, 0.717) is 12.0 Å². The Morgan fingerprint density at radius 3 is 2.80 bits per heavy atom. The van der Waals surface area contributed by atoms with E-state index in [0.717, 1.165) is 50.3 Å². The van der Waals surface area contributed by atoms with Gasteiger partial charge in [0.1, 0.15) is 0 Å². The molecule has 6 heteroatoms. The van der Waals surface area contributed by atoms with Gasteiger partial charge in [-0.2, -0.15) is 0 Å². The van der Waals surface area contributed by atoms with Gasteiger partial charge in [-0.05, 0) is 38.0 Å². The predicted molar refractivity (Wildman–Crippen MR) is 104 cm³/mol. The van der Waals surface area contributed by atoms with Gasteiger partial charge in [0, 0.05) is 49.2 Å². The zero-order chi connectivity index (χ0) is 17.9. The molecule has 1 aliphatic heterocycles. The Kier molecular flexibility index (Phi) is 5.87. The first-order chi connectivity index (χ1) is 12.0. The summed E-state index contributed by atoms with van der Waals surface area (Å²) in [6.45, 7) is 9.00. The summed E-state index contributed by atoms with van der Waals surface area (Å²) >= 11 is 6.10. The maximum Gasteiger partial charge on any atom is 0.191 e. The van der Waals surface area contributed by atoms with Gasteiger partial charge < -0.3 is 15.4 Å². The average molecular weight is 365 g/mol. The van der Waals surface area contributed by atoms with E-state index in [9.17, 15) is 0 Å². The molecular weight excluding hydrogens is 336 g/mol. The summed E-state index contributed by atoms with van der Waals surface area (Å²) in [5.41, 5.74) is 1.37. The number of aliphatic imine (C=N–C) groups is 1. The minimum absolute atomic E-state index is 0.0668. The topological polar surface area (TPSA) is 48.9 Å². The fourth-order valence-electron chi connectivity index (χ4n) is 3.41. The second kappa shape index (κ2) is 7.94. The summed E-state index contributed by atoms with van der Waals surface area (Å²) in [5, 5.41) is 7.83. The lowest BCUT2D eigenvalue weighted by Gasteiger charge is -2.41. The molecule has 2 unspecified atom stereocenters. The van der Waals surface area contributed by atoms with Crippen molar-refractivity contribution in [2.75, 3.05) is 39.9 Å². The Morgan fingerprint density at radius 2 is 2.12 bits per heavy atom. The second-order valence-electron chi connectivity index (χ2n) is 7.49. The molecule has 0 amide bonds. The van der Waals surface area contributed by atoms with E-state index in [-0.39, 0.29) is 5.54 Å². The Labute approximate surface area is 155 Å². The van der Waals surface area contributed by atoms with Crippen LogP contribution in [0.5, 0.6) is 0 Å². The van der Waals surface area contributed by atoms with Crippen molar-refractivity contribution in [1.82, 2.24) is 15.5 Å². The van der Waals surface area contributed by atoms with Crippen molar-refractivity contribution in [3.05, 3.63) is 34.9 Å². The molecular formula is C19H29ClN4O. The van der Waals surface area contributed by atoms with Crippen LogP contribution in [0.25, 0.3) is 0 Å². The van der Waals surface area contributed by atoms with Crippen LogP contribution in [-0.4, -0.2) is 62.3 Å². The number of ether oxygens (including phenoxy) is 1. The van der Waals surface area contributed by atoms with Gasteiger partial charge in [0.25, 0.3) is 0 Å². The fraction of sp³-hybridized carbons (Fsp3) is 0.632. The molecule has 2 N–H and O–H groups in total. The number of benzene rings is 1. The molecule has 1 saturated carbocycles. The first kappa shape index (κ1) is 18.5. The van der Waals surface area contributed by atoms with Crippen molar-refractivity contribution < 1.29 is 4.74 Å². The molecule has 5 nitrogen and oxygen atoms in total. The third-order valence-electron chi connectivity index (χ3n) is 5.17. The molecule has 3 rings (SSSR count). The van der Waals surface area contributed by atoms with E-state index in [1.807, 2.05) is 19.2 Å². The molecule has 2 fully saturated rings. The molecule has 1 saturated heterocycles. The lowest BCUT2D eigenvalue weighted by atomic mass is 10.0. The van der Waals surface area contributed by atoms with Crippen LogP contribution in [0.2, 0.25) is 5.02 Å². The number of rotatable bonds is 5. The Morgan fingerprint density at radius 1 is 1.36 bits per heavy atom. The average Bonchev–Trinajstić information content (AvgIpc) is 3.38. The van der Waals surface area contributed by atoms with Crippen molar-refractivity contribution in [2.45, 2.75) is 37.8 Å². The van der Waals surface area contributed by atoms with E-state index in [4.69, 9.17) is 16.3 Å². The number of morpholine rings is 1. The number of guanidine groups is 1. The predicted octanol–water partition coefficient (Wildman–Crippen LogP) is 2.47. The summed E-state index contributed by atoms with van der Waals surface area (Å²) in [6.07, 6.45) is 1.12. The van der Waals surface area contributed by atoms with Gasteiger partial charge >= 0.3 is 0 Å². The van der Waals surface area contributed by atoms with Crippen molar-refractivity contribution in [2.24, 2.45) is 4.99 Å². The van der Waals surface area contributed by atoms with Gasteiger partial charge in [0.05, 0.1) is 13.2 Å². The van der Waals surface area contributed by atoms with E-state index >= 15 is 0 Å². The quantitative estimate of drug-likeness (QED) is 0.622. The summed E-state index contributed by atoms with van der Waals surface area (Å²) in [7, 11) is 1.83. The molecule has 1 aromatic carbocycles. The van der Waals surface area contributed by atoms with Crippen molar-refractivity contribution in [3.8, 4) is 0 Å². The molecule has 1 heterocycles. The third-order valence-corrected chi connectivity index (χ3v) is 5.40. The third kappa shape index (κ3) is 4.87. The normalized spacial score (nSPS) is 24.9. The molecule has 25 heavy (non-hydrogen) atoms. The standard InChI is InChI=1S/C19H29ClN4O/c1-19(2,24-7-9-25-10-8-24)13-22-18(21-3)23-17-12-16(17)14-5-4-6-15(20)11-14/h4-6,11,16-17H,7-10,12-13H2,1-3H3,(H2,21,22,23). The second-order valence-corrected chi connectivity index (χ2v) is 7.92. The molecule has 138 valence electrons. The van der Waals surface area contributed by atoms with Gasteiger partial charge in [-0.3, -0.25) is 9.89 Å². The monoisotopic (exact) mass is 364 g/mol. The molecule has 2 atom stereocenters. The zero-order valence-electron chi connectivity index (χ0n) is 15.4. The van der Waals surface area contributed by atoms with Gasteiger partial charge in [-0.1, -0.05) is 23.7 Å². The highest BCUT2D eigenvalue weighted by Gasteiger charge is 2.39. The van der Waals surface area contributed by atoms with Gasteiger partial charge in [-0.15, -0.1) is 0 Å². The van der Waals surface area contributed by atoms with Gasteiger partial charge in [-0.25, -0.2) is 0 Å². The molecule has 0 aromatic heterocycles. The molecule has 1 aliphatic carbocycles. The van der Waals surface area contributed by atoms with E-state index < -0.39 is 0 Å².